The van der Waals surface area contributed by atoms with E-state index in [-0.39, 0.29) is 0 Å². The van der Waals surface area contributed by atoms with Gasteiger partial charge in [-0.15, -0.1) is 0 Å². The summed E-state index contributed by atoms with van der Waals surface area (Å²) in [6.07, 6.45) is 0. The number of pyridine rings is 1. The van der Waals surface area contributed by atoms with E-state index in [9.17, 15) is 0 Å². The molecule has 0 aromatic carbocycles. The maximum atomic E-state index is 5.37. The number of methoxy groups -OCH3 is 1. The van der Waals surface area contributed by atoms with Crippen LogP contribution in [0.25, 0.3) is 0 Å². The zero-order chi connectivity index (χ0) is 9.68. The van der Waals surface area contributed by atoms with Gasteiger partial charge in [0.25, 0.3) is 0 Å². The van der Waals surface area contributed by atoms with Crippen LogP contribution in [0.2, 0.25) is 0 Å². The minimum Gasteiger partial charge on any atom is -0.481 e. The predicted molar refractivity (Wildman–Crippen MR) is 53.1 cm³/mol. The number of nitrogens with zero attached hydrogens (tertiary/aromatic N) is 1. The molecular weight excluding hydrogens is 166 g/mol. The molecule has 0 fully saturated rings. The van der Waals surface area contributed by atoms with Gasteiger partial charge in [-0.05, 0) is 13.0 Å². The summed E-state index contributed by atoms with van der Waals surface area (Å²) in [5.41, 5.74) is 7.30. The van der Waals surface area contributed by atoms with E-state index in [1.54, 1.807) is 7.11 Å². The molecule has 0 aliphatic rings. The zero-order valence-electron chi connectivity index (χ0n) is 8.00. The lowest BCUT2D eigenvalue weighted by molar-refractivity contribution is 0.397. The first-order valence-electron chi connectivity index (χ1n) is 4.23. The third-order valence-electron chi connectivity index (χ3n) is 1.73. The molecule has 0 saturated heterocycles. The molecule has 0 aliphatic heterocycles. The average molecular weight is 181 g/mol. The number of hydrogen-bond donors (Lipinski definition) is 2. The topological polar surface area (TPSA) is 60.2 Å². The molecule has 1 heterocycles. The second-order valence-electron chi connectivity index (χ2n) is 2.70. The molecule has 0 bridgehead atoms. The van der Waals surface area contributed by atoms with E-state index < -0.39 is 0 Å². The minimum atomic E-state index is 0.617. The number of aromatic nitrogens is 1. The Kier molecular flexibility index (Phi) is 3.52. The maximum absolute atomic E-state index is 5.37. The summed E-state index contributed by atoms with van der Waals surface area (Å²) in [6, 6.07) is 3.77. The van der Waals surface area contributed by atoms with Crippen LogP contribution in [0.15, 0.2) is 12.1 Å². The van der Waals surface area contributed by atoms with Crippen molar-refractivity contribution in [2.45, 2.75) is 6.92 Å². The van der Waals surface area contributed by atoms with Gasteiger partial charge in [0, 0.05) is 19.2 Å². The highest BCUT2D eigenvalue weighted by atomic mass is 16.5. The number of rotatable bonds is 4. The van der Waals surface area contributed by atoms with Crippen molar-refractivity contribution in [3.8, 4) is 5.88 Å². The third-order valence-corrected chi connectivity index (χ3v) is 1.73. The van der Waals surface area contributed by atoms with Gasteiger partial charge in [-0.2, -0.15) is 0 Å². The fourth-order valence-electron chi connectivity index (χ4n) is 1.05. The first-order valence-corrected chi connectivity index (χ1v) is 4.23. The fraction of sp³-hybridized carbons (Fsp3) is 0.444. The first-order chi connectivity index (χ1) is 6.27. The van der Waals surface area contributed by atoms with Crippen molar-refractivity contribution in [3.05, 3.63) is 17.8 Å². The highest BCUT2D eigenvalue weighted by Gasteiger charge is 1.99. The Morgan fingerprint density at radius 2 is 2.31 bits per heavy atom. The van der Waals surface area contributed by atoms with Crippen LogP contribution in [-0.4, -0.2) is 25.2 Å². The molecule has 0 unspecified atom stereocenters. The fourth-order valence-corrected chi connectivity index (χ4v) is 1.05. The molecule has 72 valence electrons. The normalized spacial score (nSPS) is 9.77. The third kappa shape index (κ3) is 2.59. The summed E-state index contributed by atoms with van der Waals surface area (Å²) >= 11 is 0. The Morgan fingerprint density at radius 1 is 1.54 bits per heavy atom. The number of anilines is 1. The summed E-state index contributed by atoms with van der Waals surface area (Å²) in [7, 11) is 1.61. The SMILES string of the molecule is COc1ccc(NCCN)c(C)n1. The van der Waals surface area contributed by atoms with Crippen LogP contribution in [0.1, 0.15) is 5.69 Å². The second-order valence-corrected chi connectivity index (χ2v) is 2.70. The van der Waals surface area contributed by atoms with Crippen molar-refractivity contribution in [3.63, 3.8) is 0 Å². The zero-order valence-corrected chi connectivity index (χ0v) is 8.00. The summed E-state index contributed by atoms with van der Waals surface area (Å²) in [6.45, 7) is 3.31. The van der Waals surface area contributed by atoms with Gasteiger partial charge in [-0.1, -0.05) is 0 Å². The first kappa shape index (κ1) is 9.80. The van der Waals surface area contributed by atoms with Crippen LogP contribution in [-0.2, 0) is 0 Å². The lowest BCUT2D eigenvalue weighted by atomic mass is 10.3. The van der Waals surface area contributed by atoms with Crippen LogP contribution < -0.4 is 15.8 Å². The standard InChI is InChI=1S/C9H15N3O/c1-7-8(11-6-5-10)3-4-9(12-7)13-2/h3-4,11H,5-6,10H2,1-2H3. The van der Waals surface area contributed by atoms with Crippen molar-refractivity contribution in [1.29, 1.82) is 0 Å². The van der Waals surface area contributed by atoms with Crippen LogP contribution in [0.3, 0.4) is 0 Å². The van der Waals surface area contributed by atoms with Crippen LogP contribution in [0.4, 0.5) is 5.69 Å². The van der Waals surface area contributed by atoms with Gasteiger partial charge < -0.3 is 15.8 Å². The van der Waals surface area contributed by atoms with Crippen LogP contribution >= 0.6 is 0 Å². The number of ether oxygens (including phenoxy) is 1. The van der Waals surface area contributed by atoms with Crippen molar-refractivity contribution in [1.82, 2.24) is 4.98 Å². The Hall–Kier alpha value is -1.29. The largest absolute Gasteiger partial charge is 0.481 e. The van der Waals surface area contributed by atoms with Crippen molar-refractivity contribution in [2.24, 2.45) is 5.73 Å². The molecule has 1 aromatic heterocycles. The highest BCUT2D eigenvalue weighted by molar-refractivity contribution is 5.48. The molecule has 13 heavy (non-hydrogen) atoms. The number of nitrogens with one attached hydrogen (secondary N) is 1. The lowest BCUT2D eigenvalue weighted by Gasteiger charge is -2.08. The van der Waals surface area contributed by atoms with Gasteiger partial charge in [0.05, 0.1) is 18.5 Å². The molecule has 4 nitrogen and oxygen atoms in total. The molecule has 0 spiro atoms. The predicted octanol–water partition coefficient (Wildman–Crippen LogP) is 0.769. The van der Waals surface area contributed by atoms with Gasteiger partial charge in [-0.3, -0.25) is 0 Å². The summed E-state index contributed by atoms with van der Waals surface area (Å²) in [5, 5.41) is 3.17. The molecule has 0 amide bonds. The smallest absolute Gasteiger partial charge is 0.213 e. The molecule has 0 saturated carbocycles. The quantitative estimate of drug-likeness (QED) is 0.720. The van der Waals surface area contributed by atoms with E-state index in [2.05, 4.69) is 10.3 Å². The molecule has 1 aromatic rings. The maximum Gasteiger partial charge on any atom is 0.213 e. The number of hydrogen-bond acceptors (Lipinski definition) is 4. The molecule has 0 radical (unpaired) electrons. The number of aryl methyl sites for hydroxylation is 1. The molecule has 0 aliphatic carbocycles. The van der Waals surface area contributed by atoms with Gasteiger partial charge in [-0.25, -0.2) is 4.98 Å². The number of nitrogens with two attached hydrogens (primary N) is 1. The van der Waals surface area contributed by atoms with E-state index in [0.717, 1.165) is 17.9 Å². The summed E-state index contributed by atoms with van der Waals surface area (Å²) in [5.74, 6) is 0.635. The van der Waals surface area contributed by atoms with Crippen LogP contribution in [0.5, 0.6) is 5.88 Å². The van der Waals surface area contributed by atoms with E-state index in [1.807, 2.05) is 19.1 Å². The molecular formula is C9H15N3O. The van der Waals surface area contributed by atoms with E-state index in [1.165, 1.54) is 0 Å². The Balaban J connectivity index is 2.73. The van der Waals surface area contributed by atoms with E-state index >= 15 is 0 Å². The lowest BCUT2D eigenvalue weighted by Crippen LogP contribution is -2.14. The van der Waals surface area contributed by atoms with E-state index in [0.29, 0.717) is 12.4 Å². The Bertz CT molecular complexity index is 276. The Morgan fingerprint density at radius 3 is 2.85 bits per heavy atom. The second kappa shape index (κ2) is 4.67. The molecule has 1 rings (SSSR count). The van der Waals surface area contributed by atoms with Gasteiger partial charge in [0.15, 0.2) is 0 Å². The van der Waals surface area contributed by atoms with Gasteiger partial charge in [0.2, 0.25) is 5.88 Å². The monoisotopic (exact) mass is 181 g/mol. The van der Waals surface area contributed by atoms with Gasteiger partial charge >= 0.3 is 0 Å². The molecule has 3 N–H and O–H groups in total. The molecule has 0 atom stereocenters. The van der Waals surface area contributed by atoms with Crippen molar-refractivity contribution in [2.75, 3.05) is 25.5 Å². The van der Waals surface area contributed by atoms with Crippen LogP contribution in [0, 0.1) is 6.92 Å². The highest BCUT2D eigenvalue weighted by Crippen LogP contribution is 2.15. The average Bonchev–Trinajstić information content (AvgIpc) is 2.16. The van der Waals surface area contributed by atoms with Crippen molar-refractivity contribution < 1.29 is 4.74 Å². The van der Waals surface area contributed by atoms with Crippen molar-refractivity contribution >= 4 is 5.69 Å². The summed E-state index contributed by atoms with van der Waals surface area (Å²) < 4.78 is 4.99. The van der Waals surface area contributed by atoms with E-state index in [4.69, 9.17) is 10.5 Å². The Labute approximate surface area is 78.1 Å². The molecule has 4 heteroatoms. The minimum absolute atomic E-state index is 0.617. The summed E-state index contributed by atoms with van der Waals surface area (Å²) in [4.78, 5) is 4.22. The van der Waals surface area contributed by atoms with Gasteiger partial charge in [0.1, 0.15) is 0 Å².